The van der Waals surface area contributed by atoms with Crippen molar-refractivity contribution in [2.24, 2.45) is 0 Å². The minimum atomic E-state index is -0.439. The lowest BCUT2D eigenvalue weighted by atomic mass is 10.2. The average Bonchev–Trinajstić information content (AvgIpc) is 2.47. The van der Waals surface area contributed by atoms with E-state index in [2.05, 4.69) is 5.32 Å². The molecule has 0 spiro atoms. The molecule has 0 radical (unpaired) electrons. The lowest BCUT2D eigenvalue weighted by Gasteiger charge is -2.28. The molecular weight excluding hydrogens is 242 g/mol. The maximum Gasteiger partial charge on any atom is 0.312 e. The van der Waals surface area contributed by atoms with Crippen molar-refractivity contribution >= 4 is 11.8 Å². The molecule has 2 amide bonds. The van der Waals surface area contributed by atoms with E-state index in [4.69, 9.17) is 0 Å². The Hall–Kier alpha value is -1.88. The van der Waals surface area contributed by atoms with Crippen LogP contribution in [0.2, 0.25) is 0 Å². The fourth-order valence-electron chi connectivity index (χ4n) is 2.10. The number of benzene rings is 1. The highest BCUT2D eigenvalue weighted by Crippen LogP contribution is 2.04. The summed E-state index contributed by atoms with van der Waals surface area (Å²) in [6, 6.07) is 9.66. The number of nitrogens with zero attached hydrogens (tertiary/aromatic N) is 2. The van der Waals surface area contributed by atoms with Crippen molar-refractivity contribution in [2.45, 2.75) is 6.54 Å². The number of amides is 2. The molecule has 1 N–H and O–H groups in total. The highest BCUT2D eigenvalue weighted by Gasteiger charge is 2.25. The predicted octanol–water partition coefficient (Wildman–Crippen LogP) is 0.0768. The van der Waals surface area contributed by atoms with E-state index in [0.717, 1.165) is 18.7 Å². The third-order valence-electron chi connectivity index (χ3n) is 3.20. The van der Waals surface area contributed by atoms with Crippen molar-refractivity contribution in [1.82, 2.24) is 15.1 Å². The highest BCUT2D eigenvalue weighted by molar-refractivity contribution is 6.34. The van der Waals surface area contributed by atoms with Crippen LogP contribution in [0.3, 0.4) is 0 Å². The van der Waals surface area contributed by atoms with Crippen molar-refractivity contribution in [3.8, 4) is 0 Å². The number of hydrogen-bond donors (Lipinski definition) is 1. The number of rotatable bonds is 2. The molecule has 1 saturated heterocycles. The second-order valence-corrected chi connectivity index (χ2v) is 4.69. The summed E-state index contributed by atoms with van der Waals surface area (Å²) in [7, 11) is 1.66. The van der Waals surface area contributed by atoms with Crippen LogP contribution < -0.4 is 5.32 Å². The zero-order valence-corrected chi connectivity index (χ0v) is 11.1. The van der Waals surface area contributed by atoms with Gasteiger partial charge in [0.05, 0.1) is 0 Å². The van der Waals surface area contributed by atoms with E-state index < -0.39 is 11.8 Å². The van der Waals surface area contributed by atoms with Gasteiger partial charge in [0.2, 0.25) is 0 Å². The number of carbonyl (C=O) groups excluding carboxylic acids is 2. The molecule has 102 valence electrons. The Morgan fingerprint density at radius 3 is 2.47 bits per heavy atom. The van der Waals surface area contributed by atoms with E-state index in [1.165, 1.54) is 4.90 Å². The first kappa shape index (κ1) is 13.5. The summed E-state index contributed by atoms with van der Waals surface area (Å²) in [5.41, 5.74) is 1.02. The second-order valence-electron chi connectivity index (χ2n) is 4.69. The van der Waals surface area contributed by atoms with Gasteiger partial charge in [-0.25, -0.2) is 0 Å². The Labute approximate surface area is 113 Å². The summed E-state index contributed by atoms with van der Waals surface area (Å²) in [5, 5.41) is 3.16. The highest BCUT2D eigenvalue weighted by atomic mass is 16.2. The van der Waals surface area contributed by atoms with Crippen molar-refractivity contribution in [3.63, 3.8) is 0 Å². The molecule has 5 heteroatoms. The van der Waals surface area contributed by atoms with Gasteiger partial charge in [0, 0.05) is 39.8 Å². The monoisotopic (exact) mass is 261 g/mol. The molecule has 0 atom stereocenters. The van der Waals surface area contributed by atoms with E-state index in [1.54, 1.807) is 11.9 Å². The van der Waals surface area contributed by atoms with Gasteiger partial charge in [-0.3, -0.25) is 9.59 Å². The fraction of sp³-hybridized carbons (Fsp3) is 0.429. The van der Waals surface area contributed by atoms with Crippen molar-refractivity contribution < 1.29 is 9.59 Å². The first-order valence-corrected chi connectivity index (χ1v) is 6.47. The van der Waals surface area contributed by atoms with E-state index in [-0.39, 0.29) is 0 Å². The summed E-state index contributed by atoms with van der Waals surface area (Å²) >= 11 is 0. The molecule has 1 aromatic rings. The topological polar surface area (TPSA) is 52.7 Å². The minimum Gasteiger partial charge on any atom is -0.333 e. The van der Waals surface area contributed by atoms with Crippen LogP contribution in [0.15, 0.2) is 30.3 Å². The van der Waals surface area contributed by atoms with Gasteiger partial charge >= 0.3 is 11.8 Å². The maximum absolute atomic E-state index is 12.1. The molecule has 0 bridgehead atoms. The smallest absolute Gasteiger partial charge is 0.312 e. The maximum atomic E-state index is 12.1. The Balaban J connectivity index is 1.93. The number of piperazine rings is 1. The number of likely N-dealkylation sites (N-methyl/N-ethyl adjacent to an activating group) is 1. The number of carbonyl (C=O) groups is 2. The van der Waals surface area contributed by atoms with Crippen LogP contribution in [0.25, 0.3) is 0 Å². The van der Waals surface area contributed by atoms with Crippen LogP contribution in [0.4, 0.5) is 0 Å². The molecule has 0 unspecified atom stereocenters. The Morgan fingerprint density at radius 1 is 1.21 bits per heavy atom. The quantitative estimate of drug-likeness (QED) is 0.767. The normalized spacial score (nSPS) is 15.1. The molecule has 1 aliphatic rings. The van der Waals surface area contributed by atoms with Gasteiger partial charge < -0.3 is 15.1 Å². The van der Waals surface area contributed by atoms with E-state index >= 15 is 0 Å². The van der Waals surface area contributed by atoms with Gasteiger partial charge in [-0.2, -0.15) is 0 Å². The van der Waals surface area contributed by atoms with Crippen LogP contribution in [-0.2, 0) is 16.1 Å². The lowest BCUT2D eigenvalue weighted by molar-refractivity contribution is -0.151. The van der Waals surface area contributed by atoms with Crippen LogP contribution in [0.1, 0.15) is 5.56 Å². The zero-order chi connectivity index (χ0) is 13.7. The SMILES string of the molecule is CN(Cc1ccccc1)C(=O)C(=O)N1CCNCC1. The van der Waals surface area contributed by atoms with Gasteiger partial charge in [0.25, 0.3) is 0 Å². The molecule has 1 aliphatic heterocycles. The van der Waals surface area contributed by atoms with Gasteiger partial charge in [-0.1, -0.05) is 30.3 Å². The van der Waals surface area contributed by atoms with Gasteiger partial charge in [-0.05, 0) is 5.56 Å². The van der Waals surface area contributed by atoms with Crippen molar-refractivity contribution in [2.75, 3.05) is 33.2 Å². The zero-order valence-electron chi connectivity index (χ0n) is 11.1. The summed E-state index contributed by atoms with van der Waals surface area (Å²) in [4.78, 5) is 27.2. The first-order valence-electron chi connectivity index (χ1n) is 6.47. The summed E-state index contributed by atoms with van der Waals surface area (Å²) in [6.07, 6.45) is 0. The Kier molecular flexibility index (Phi) is 4.52. The first-order chi connectivity index (χ1) is 9.18. The van der Waals surface area contributed by atoms with E-state index in [0.29, 0.717) is 19.6 Å². The molecule has 1 heterocycles. The molecule has 0 aliphatic carbocycles. The van der Waals surface area contributed by atoms with Crippen LogP contribution >= 0.6 is 0 Å². The summed E-state index contributed by atoms with van der Waals surface area (Å²) in [6.45, 7) is 3.16. The van der Waals surface area contributed by atoms with Gasteiger partial charge in [0.1, 0.15) is 0 Å². The Morgan fingerprint density at radius 2 is 1.84 bits per heavy atom. The van der Waals surface area contributed by atoms with Gasteiger partial charge in [0.15, 0.2) is 0 Å². The third-order valence-corrected chi connectivity index (χ3v) is 3.20. The number of hydrogen-bond acceptors (Lipinski definition) is 3. The molecular formula is C14H19N3O2. The molecule has 0 saturated carbocycles. The van der Waals surface area contributed by atoms with Gasteiger partial charge in [-0.15, -0.1) is 0 Å². The number of nitrogens with one attached hydrogen (secondary N) is 1. The third kappa shape index (κ3) is 3.54. The van der Waals surface area contributed by atoms with Crippen LogP contribution in [0.5, 0.6) is 0 Å². The molecule has 5 nitrogen and oxygen atoms in total. The van der Waals surface area contributed by atoms with Crippen molar-refractivity contribution in [3.05, 3.63) is 35.9 Å². The molecule has 2 rings (SSSR count). The van der Waals surface area contributed by atoms with E-state index in [9.17, 15) is 9.59 Å². The molecule has 1 fully saturated rings. The average molecular weight is 261 g/mol. The molecule has 1 aromatic carbocycles. The van der Waals surface area contributed by atoms with Crippen molar-refractivity contribution in [1.29, 1.82) is 0 Å². The minimum absolute atomic E-state index is 0.403. The fourth-order valence-corrected chi connectivity index (χ4v) is 2.10. The van der Waals surface area contributed by atoms with E-state index in [1.807, 2.05) is 30.3 Å². The lowest BCUT2D eigenvalue weighted by Crippen LogP contribution is -2.51. The molecule has 19 heavy (non-hydrogen) atoms. The second kappa shape index (κ2) is 6.33. The standard InChI is InChI=1S/C14H19N3O2/c1-16(11-12-5-3-2-4-6-12)13(18)14(19)17-9-7-15-8-10-17/h2-6,15H,7-11H2,1H3. The predicted molar refractivity (Wildman–Crippen MR) is 72.4 cm³/mol. The summed E-state index contributed by atoms with van der Waals surface area (Å²) in [5.74, 6) is -0.842. The molecule has 0 aromatic heterocycles. The summed E-state index contributed by atoms with van der Waals surface area (Å²) < 4.78 is 0. The van der Waals surface area contributed by atoms with Crippen LogP contribution in [0, 0.1) is 0 Å². The largest absolute Gasteiger partial charge is 0.333 e. The Bertz CT molecular complexity index is 441. The van der Waals surface area contributed by atoms with Crippen LogP contribution in [-0.4, -0.2) is 54.8 Å².